The van der Waals surface area contributed by atoms with Crippen molar-refractivity contribution in [2.75, 3.05) is 30.9 Å². The Hall–Kier alpha value is -2.98. The number of aromatic nitrogens is 2. The molecule has 1 aliphatic heterocycles. The highest BCUT2D eigenvalue weighted by atomic mass is 35.5. The van der Waals surface area contributed by atoms with E-state index in [2.05, 4.69) is 20.6 Å². The number of imide groups is 1. The summed E-state index contributed by atoms with van der Waals surface area (Å²) < 4.78 is 21.0. The monoisotopic (exact) mass is 477 g/mol. The first kappa shape index (κ1) is 22.2. The molecule has 0 atom stereocenters. The van der Waals surface area contributed by atoms with Gasteiger partial charge in [-0.05, 0) is 43.5 Å². The van der Waals surface area contributed by atoms with E-state index in [1.54, 1.807) is 13.8 Å². The Balaban J connectivity index is 1.48. The maximum atomic E-state index is 14.5. The molecule has 0 aliphatic carbocycles. The van der Waals surface area contributed by atoms with Gasteiger partial charge in [0.15, 0.2) is 5.82 Å². The molecule has 8 nitrogen and oxygen atoms in total. The van der Waals surface area contributed by atoms with Crippen molar-refractivity contribution in [2.45, 2.75) is 19.4 Å². The second-order valence-corrected chi connectivity index (χ2v) is 9.14. The third-order valence-electron chi connectivity index (χ3n) is 4.87. The highest BCUT2D eigenvalue weighted by Crippen LogP contribution is 2.35. The third kappa shape index (κ3) is 4.46. The van der Waals surface area contributed by atoms with Crippen molar-refractivity contribution < 1.29 is 18.7 Å². The molecule has 3 aromatic rings. The number of halogens is 2. The number of ether oxygens (including phenoxy) is 1. The molecule has 0 saturated carbocycles. The summed E-state index contributed by atoms with van der Waals surface area (Å²) in [4.78, 5) is 34.3. The number of hydrogen-bond donors (Lipinski definition) is 2. The van der Waals surface area contributed by atoms with E-state index in [0.717, 1.165) is 21.2 Å². The molecule has 2 aromatic heterocycles. The summed E-state index contributed by atoms with van der Waals surface area (Å²) in [6.07, 6.45) is 1.10. The van der Waals surface area contributed by atoms with E-state index in [-0.39, 0.29) is 30.6 Å². The topological polar surface area (TPSA) is 96.5 Å². The number of hydrogen-bond acceptors (Lipinski definition) is 7. The van der Waals surface area contributed by atoms with Gasteiger partial charge in [-0.15, -0.1) is 22.9 Å². The average molecular weight is 478 g/mol. The molecule has 1 aliphatic rings. The fourth-order valence-corrected chi connectivity index (χ4v) is 4.42. The van der Waals surface area contributed by atoms with Crippen LogP contribution in [0.25, 0.3) is 20.7 Å². The molecule has 4 rings (SSSR count). The number of fused-ring (bicyclic) bond motifs is 1. The highest BCUT2D eigenvalue weighted by Gasteiger charge is 2.43. The zero-order chi connectivity index (χ0) is 22.9. The maximum absolute atomic E-state index is 14.5. The van der Waals surface area contributed by atoms with Gasteiger partial charge in [0, 0.05) is 17.8 Å². The molecule has 1 saturated heterocycles. The van der Waals surface area contributed by atoms with Gasteiger partial charge in [-0.25, -0.2) is 19.2 Å². The third-order valence-corrected chi connectivity index (χ3v) is 6.15. The Morgan fingerprint density at radius 3 is 2.84 bits per heavy atom. The van der Waals surface area contributed by atoms with E-state index >= 15 is 0 Å². The van der Waals surface area contributed by atoms with Crippen LogP contribution in [0.1, 0.15) is 13.8 Å². The van der Waals surface area contributed by atoms with Crippen molar-refractivity contribution in [1.29, 1.82) is 0 Å². The number of carbonyl (C=O) groups is 2. The van der Waals surface area contributed by atoms with Gasteiger partial charge < -0.3 is 15.4 Å². The van der Waals surface area contributed by atoms with E-state index in [1.165, 1.54) is 11.3 Å². The number of thiophene rings is 1. The molecule has 11 heteroatoms. The summed E-state index contributed by atoms with van der Waals surface area (Å²) in [5.41, 5.74) is -0.754. The lowest BCUT2D eigenvalue weighted by Crippen LogP contribution is -2.40. The Morgan fingerprint density at radius 1 is 1.31 bits per heavy atom. The fourth-order valence-electron chi connectivity index (χ4n) is 3.31. The molecule has 1 fully saturated rings. The predicted octanol–water partition coefficient (Wildman–Crippen LogP) is 3.86. The lowest BCUT2D eigenvalue weighted by Gasteiger charge is -2.16. The molecular weight excluding hydrogens is 457 g/mol. The van der Waals surface area contributed by atoms with Gasteiger partial charge in [-0.3, -0.25) is 9.69 Å². The SMILES string of the molecule is CC1(C)NC(=O)N(CCNc2ncc(F)c(-c3cc4cc(OCCCl)ccc4s3)n2)C1=O. The molecule has 0 spiro atoms. The van der Waals surface area contributed by atoms with Crippen LogP contribution < -0.4 is 15.4 Å². The molecule has 1 aromatic carbocycles. The number of nitrogens with one attached hydrogen (secondary N) is 2. The van der Waals surface area contributed by atoms with Crippen molar-refractivity contribution >= 4 is 50.9 Å². The molecule has 3 heterocycles. The van der Waals surface area contributed by atoms with Gasteiger partial charge >= 0.3 is 6.03 Å². The minimum Gasteiger partial charge on any atom is -0.492 e. The van der Waals surface area contributed by atoms with Gasteiger partial charge in [0.2, 0.25) is 5.95 Å². The van der Waals surface area contributed by atoms with E-state index in [9.17, 15) is 14.0 Å². The van der Waals surface area contributed by atoms with Crippen LogP contribution >= 0.6 is 22.9 Å². The summed E-state index contributed by atoms with van der Waals surface area (Å²) >= 11 is 7.07. The lowest BCUT2D eigenvalue weighted by molar-refractivity contribution is -0.130. The van der Waals surface area contributed by atoms with Crippen LogP contribution in [0.3, 0.4) is 0 Å². The van der Waals surface area contributed by atoms with Gasteiger partial charge in [0.1, 0.15) is 23.6 Å². The Bertz CT molecular complexity index is 1190. The van der Waals surface area contributed by atoms with Crippen molar-refractivity contribution in [1.82, 2.24) is 20.2 Å². The average Bonchev–Trinajstić information content (AvgIpc) is 3.26. The van der Waals surface area contributed by atoms with Crippen molar-refractivity contribution in [2.24, 2.45) is 0 Å². The number of alkyl halides is 1. The van der Waals surface area contributed by atoms with Crippen LogP contribution in [0.15, 0.2) is 30.5 Å². The highest BCUT2D eigenvalue weighted by molar-refractivity contribution is 7.22. The summed E-state index contributed by atoms with van der Waals surface area (Å²) in [7, 11) is 0. The zero-order valence-electron chi connectivity index (χ0n) is 17.4. The number of urea groups is 1. The molecule has 0 unspecified atom stereocenters. The number of carbonyl (C=O) groups excluding carboxylic acids is 2. The number of nitrogens with zero attached hydrogens (tertiary/aromatic N) is 3. The molecule has 168 valence electrons. The number of benzene rings is 1. The van der Waals surface area contributed by atoms with E-state index in [0.29, 0.717) is 23.1 Å². The Morgan fingerprint density at radius 2 is 2.12 bits per heavy atom. The largest absolute Gasteiger partial charge is 0.492 e. The van der Waals surface area contributed by atoms with Crippen molar-refractivity contribution in [3.63, 3.8) is 0 Å². The first-order valence-corrected chi connectivity index (χ1v) is 11.3. The van der Waals surface area contributed by atoms with Gasteiger partial charge in [-0.2, -0.15) is 0 Å². The molecular formula is C21H21ClFN5O3S. The zero-order valence-corrected chi connectivity index (χ0v) is 19.0. The van der Waals surface area contributed by atoms with Crippen molar-refractivity contribution in [3.8, 4) is 16.3 Å². The Labute approximate surface area is 192 Å². The fraction of sp³-hybridized carbons (Fsp3) is 0.333. The van der Waals surface area contributed by atoms with Crippen molar-refractivity contribution in [3.05, 3.63) is 36.3 Å². The number of amides is 3. The minimum atomic E-state index is -0.924. The Kier molecular flexibility index (Phi) is 6.16. The second-order valence-electron chi connectivity index (χ2n) is 7.68. The van der Waals surface area contributed by atoms with Crippen LogP contribution in [0.5, 0.6) is 5.75 Å². The van der Waals surface area contributed by atoms with Crippen LogP contribution in [0.2, 0.25) is 0 Å². The summed E-state index contributed by atoms with van der Waals surface area (Å²) in [6.45, 7) is 4.07. The maximum Gasteiger partial charge on any atom is 0.325 e. The van der Waals surface area contributed by atoms with Gasteiger partial charge in [0.05, 0.1) is 17.0 Å². The summed E-state index contributed by atoms with van der Waals surface area (Å²) in [5.74, 6) is 0.442. The molecule has 3 amide bonds. The van der Waals surface area contributed by atoms with Gasteiger partial charge in [0.25, 0.3) is 5.91 Å². The van der Waals surface area contributed by atoms with Crippen LogP contribution in [0, 0.1) is 5.82 Å². The first-order valence-electron chi connectivity index (χ1n) is 9.92. The normalized spacial score (nSPS) is 15.3. The second kappa shape index (κ2) is 8.87. The summed E-state index contributed by atoms with van der Waals surface area (Å²) in [6, 6.07) is 7.03. The van der Waals surface area contributed by atoms with Crippen LogP contribution in [-0.2, 0) is 4.79 Å². The van der Waals surface area contributed by atoms with Gasteiger partial charge in [-0.1, -0.05) is 0 Å². The van der Waals surface area contributed by atoms with E-state index < -0.39 is 17.4 Å². The summed E-state index contributed by atoms with van der Waals surface area (Å²) in [5, 5.41) is 6.48. The smallest absolute Gasteiger partial charge is 0.325 e. The minimum absolute atomic E-state index is 0.137. The van der Waals surface area contributed by atoms with Crippen LogP contribution in [-0.4, -0.2) is 57.9 Å². The molecule has 0 bridgehead atoms. The molecule has 32 heavy (non-hydrogen) atoms. The molecule has 0 radical (unpaired) electrons. The van der Waals surface area contributed by atoms with E-state index in [1.807, 2.05) is 24.3 Å². The number of rotatable bonds is 8. The number of anilines is 1. The standard InChI is InChI=1S/C21H21ClFN5O3S/c1-21(2)18(29)28(20(30)27-21)7-6-24-19-25-11-14(23)17(26-19)16-10-12-9-13(31-8-5-22)3-4-15(12)32-16/h3-4,9-11H,5-8H2,1-2H3,(H,27,30)(H,24,25,26). The lowest BCUT2D eigenvalue weighted by atomic mass is 10.1. The first-order chi connectivity index (χ1) is 15.3. The molecule has 2 N–H and O–H groups in total. The van der Waals surface area contributed by atoms with E-state index in [4.69, 9.17) is 16.3 Å². The predicted molar refractivity (Wildman–Crippen MR) is 122 cm³/mol. The quantitative estimate of drug-likeness (QED) is 0.378. The van der Waals surface area contributed by atoms with Crippen LogP contribution in [0.4, 0.5) is 15.1 Å².